The van der Waals surface area contributed by atoms with Crippen molar-refractivity contribution in [3.8, 4) is 11.5 Å². The van der Waals surface area contributed by atoms with E-state index >= 15 is 0 Å². The number of quaternary nitrogens is 1. The summed E-state index contributed by atoms with van der Waals surface area (Å²) in [4.78, 5) is 1.56. The second-order valence-electron chi connectivity index (χ2n) is 6.77. The van der Waals surface area contributed by atoms with Crippen LogP contribution in [-0.2, 0) is 9.47 Å². The minimum absolute atomic E-state index is 0.164. The van der Waals surface area contributed by atoms with E-state index in [0.717, 1.165) is 37.7 Å². The summed E-state index contributed by atoms with van der Waals surface area (Å²) < 4.78 is 22.8. The summed E-state index contributed by atoms with van der Waals surface area (Å²) >= 11 is 0. The summed E-state index contributed by atoms with van der Waals surface area (Å²) in [6, 6.07) is 7.74. The van der Waals surface area contributed by atoms with Crippen LogP contribution in [0.2, 0.25) is 0 Å². The van der Waals surface area contributed by atoms with E-state index in [-0.39, 0.29) is 6.10 Å². The van der Waals surface area contributed by atoms with E-state index in [9.17, 15) is 0 Å². The fraction of sp³-hybridized carbons (Fsp3) is 0.684. The molecule has 1 N–H and O–H groups in total. The highest BCUT2D eigenvalue weighted by Crippen LogP contribution is 2.20. The third-order valence-electron chi connectivity index (χ3n) is 3.89. The normalized spacial score (nSPS) is 24.1. The Hall–Kier alpha value is -1.30. The van der Waals surface area contributed by atoms with Crippen LogP contribution in [0.3, 0.4) is 0 Å². The van der Waals surface area contributed by atoms with Crippen molar-refractivity contribution in [3.05, 3.63) is 24.3 Å². The Morgan fingerprint density at radius 1 is 1.08 bits per heavy atom. The first-order valence-corrected chi connectivity index (χ1v) is 8.99. The molecule has 24 heavy (non-hydrogen) atoms. The maximum atomic E-state index is 5.75. The molecule has 1 aromatic carbocycles. The lowest BCUT2D eigenvalue weighted by Gasteiger charge is -2.32. The number of hydrogen-bond acceptors (Lipinski definition) is 4. The molecule has 1 heterocycles. The molecular formula is C19H32NO4+. The Morgan fingerprint density at radius 3 is 2.50 bits per heavy atom. The number of rotatable bonds is 9. The zero-order valence-electron chi connectivity index (χ0n) is 15.4. The van der Waals surface area contributed by atoms with Gasteiger partial charge in [-0.05, 0) is 39.8 Å². The van der Waals surface area contributed by atoms with Gasteiger partial charge in [-0.25, -0.2) is 0 Å². The van der Waals surface area contributed by atoms with Gasteiger partial charge in [0.15, 0.2) is 0 Å². The van der Waals surface area contributed by atoms with Crippen molar-refractivity contribution >= 4 is 0 Å². The first-order chi connectivity index (χ1) is 11.5. The van der Waals surface area contributed by atoms with Gasteiger partial charge in [0, 0.05) is 6.07 Å². The highest BCUT2D eigenvalue weighted by atomic mass is 16.5. The van der Waals surface area contributed by atoms with Crippen molar-refractivity contribution in [1.29, 1.82) is 0 Å². The summed E-state index contributed by atoms with van der Waals surface area (Å²) in [6.07, 6.45) is 0.844. The molecule has 2 rings (SSSR count). The van der Waals surface area contributed by atoms with Crippen LogP contribution in [0.4, 0.5) is 0 Å². The largest absolute Gasteiger partial charge is 0.491 e. The molecule has 0 radical (unpaired) electrons. The second kappa shape index (κ2) is 9.87. The van der Waals surface area contributed by atoms with Gasteiger partial charge in [0.05, 0.1) is 19.3 Å². The van der Waals surface area contributed by atoms with Gasteiger partial charge >= 0.3 is 0 Å². The zero-order chi connectivity index (χ0) is 17.4. The van der Waals surface area contributed by atoms with E-state index in [4.69, 9.17) is 18.9 Å². The van der Waals surface area contributed by atoms with E-state index in [0.29, 0.717) is 25.4 Å². The van der Waals surface area contributed by atoms with Crippen molar-refractivity contribution in [2.24, 2.45) is 0 Å². The van der Waals surface area contributed by atoms with Crippen LogP contribution < -0.4 is 14.4 Å². The maximum Gasteiger partial charge on any atom is 0.123 e. The number of benzene rings is 1. The highest BCUT2D eigenvalue weighted by Gasteiger charge is 2.24. The molecule has 1 aliphatic rings. The third-order valence-corrected chi connectivity index (χ3v) is 3.89. The maximum absolute atomic E-state index is 5.75. The van der Waals surface area contributed by atoms with Crippen molar-refractivity contribution in [2.75, 3.05) is 39.5 Å². The molecule has 136 valence electrons. The van der Waals surface area contributed by atoms with E-state index < -0.39 is 0 Å². The summed E-state index contributed by atoms with van der Waals surface area (Å²) in [6.45, 7) is 13.4. The van der Waals surface area contributed by atoms with E-state index in [2.05, 4.69) is 13.8 Å². The average molecular weight is 338 g/mol. The zero-order valence-corrected chi connectivity index (χ0v) is 15.4. The van der Waals surface area contributed by atoms with Crippen LogP contribution in [0.1, 0.15) is 27.7 Å². The standard InChI is InChI=1S/C19H31NO4/c1-15(2)23-19-7-5-6-18(12-19)22-11-10-21-9-8-20-13-16(3)24-17(4)14-20/h5-7,12,15-17H,8-11,13-14H2,1-4H3/p+1/t16-,17+. The molecule has 0 saturated carbocycles. The molecule has 3 atom stereocenters. The lowest BCUT2D eigenvalue weighted by Crippen LogP contribution is -3.15. The minimum atomic E-state index is 0.164. The van der Waals surface area contributed by atoms with Gasteiger partial charge in [-0.15, -0.1) is 0 Å². The van der Waals surface area contributed by atoms with Gasteiger partial charge in [0.2, 0.25) is 0 Å². The van der Waals surface area contributed by atoms with Gasteiger partial charge in [0.25, 0.3) is 0 Å². The van der Waals surface area contributed by atoms with Crippen LogP contribution in [-0.4, -0.2) is 57.8 Å². The first-order valence-electron chi connectivity index (χ1n) is 8.99. The average Bonchev–Trinajstić information content (AvgIpc) is 2.49. The van der Waals surface area contributed by atoms with E-state index in [1.54, 1.807) is 4.90 Å². The smallest absolute Gasteiger partial charge is 0.123 e. The van der Waals surface area contributed by atoms with E-state index in [1.165, 1.54) is 0 Å². The second-order valence-corrected chi connectivity index (χ2v) is 6.77. The molecule has 0 aliphatic carbocycles. The van der Waals surface area contributed by atoms with Crippen molar-refractivity contribution in [2.45, 2.75) is 46.0 Å². The highest BCUT2D eigenvalue weighted by molar-refractivity contribution is 5.33. The predicted octanol–water partition coefficient (Wildman–Crippen LogP) is 1.56. The monoisotopic (exact) mass is 338 g/mol. The molecular weight excluding hydrogens is 306 g/mol. The van der Waals surface area contributed by atoms with Crippen LogP contribution in [0.25, 0.3) is 0 Å². The minimum Gasteiger partial charge on any atom is -0.491 e. The van der Waals surface area contributed by atoms with Gasteiger partial charge in [0.1, 0.15) is 49.9 Å². The molecule has 0 bridgehead atoms. The fourth-order valence-corrected chi connectivity index (χ4v) is 3.04. The number of ether oxygens (including phenoxy) is 4. The molecule has 5 nitrogen and oxygen atoms in total. The molecule has 0 aromatic heterocycles. The van der Waals surface area contributed by atoms with E-state index in [1.807, 2.05) is 38.1 Å². The summed E-state index contributed by atoms with van der Waals surface area (Å²) in [7, 11) is 0. The molecule has 0 spiro atoms. The van der Waals surface area contributed by atoms with Gasteiger partial charge in [-0.1, -0.05) is 6.07 Å². The number of nitrogens with one attached hydrogen (secondary N) is 1. The van der Waals surface area contributed by atoms with Crippen molar-refractivity contribution in [1.82, 2.24) is 0 Å². The summed E-state index contributed by atoms with van der Waals surface area (Å²) in [5.41, 5.74) is 0. The van der Waals surface area contributed by atoms with Crippen molar-refractivity contribution in [3.63, 3.8) is 0 Å². The number of hydrogen-bond donors (Lipinski definition) is 1. The summed E-state index contributed by atoms with van der Waals surface area (Å²) in [5, 5.41) is 0. The van der Waals surface area contributed by atoms with Crippen LogP contribution in [0.5, 0.6) is 11.5 Å². The Labute approximate surface area is 145 Å². The Kier molecular flexibility index (Phi) is 7.82. The lowest BCUT2D eigenvalue weighted by molar-refractivity contribution is -0.915. The van der Waals surface area contributed by atoms with Gasteiger partial charge < -0.3 is 23.8 Å². The molecule has 1 fully saturated rings. The third kappa shape index (κ3) is 7.07. The quantitative estimate of drug-likeness (QED) is 0.694. The summed E-state index contributed by atoms with van der Waals surface area (Å²) in [5.74, 6) is 1.65. The molecule has 1 aliphatic heterocycles. The van der Waals surface area contributed by atoms with Gasteiger partial charge in [-0.3, -0.25) is 0 Å². The fourth-order valence-electron chi connectivity index (χ4n) is 3.04. The molecule has 1 aromatic rings. The van der Waals surface area contributed by atoms with Crippen molar-refractivity contribution < 1.29 is 23.8 Å². The van der Waals surface area contributed by atoms with Crippen LogP contribution >= 0.6 is 0 Å². The Balaban J connectivity index is 1.58. The number of morpholine rings is 1. The Morgan fingerprint density at radius 2 is 1.79 bits per heavy atom. The Bertz CT molecular complexity index is 470. The van der Waals surface area contributed by atoms with Crippen LogP contribution in [0.15, 0.2) is 24.3 Å². The first kappa shape index (κ1) is 19.0. The molecule has 1 saturated heterocycles. The van der Waals surface area contributed by atoms with Crippen LogP contribution in [0, 0.1) is 0 Å². The SMILES string of the molecule is CC(C)Oc1cccc(OCCOCC[NH+]2C[C@@H](C)O[C@@H](C)C2)c1. The topological polar surface area (TPSA) is 41.4 Å². The molecule has 0 amide bonds. The molecule has 5 heteroatoms. The predicted molar refractivity (Wildman–Crippen MR) is 94.1 cm³/mol. The lowest BCUT2D eigenvalue weighted by atomic mass is 10.2. The van der Waals surface area contributed by atoms with Gasteiger partial charge in [-0.2, -0.15) is 0 Å². The molecule has 1 unspecified atom stereocenters.